The molecule has 166 valence electrons. The summed E-state index contributed by atoms with van der Waals surface area (Å²) in [7, 11) is 1.97. The second-order valence-corrected chi connectivity index (χ2v) is 8.61. The summed E-state index contributed by atoms with van der Waals surface area (Å²) < 4.78 is 7.87. The van der Waals surface area contributed by atoms with Crippen molar-refractivity contribution in [2.45, 2.75) is 64.8 Å². The Kier molecular flexibility index (Phi) is 6.30. The molecule has 1 aromatic carbocycles. The summed E-state index contributed by atoms with van der Waals surface area (Å²) in [5.41, 5.74) is 11.0. The van der Waals surface area contributed by atoms with Crippen LogP contribution in [-0.2, 0) is 24.8 Å². The van der Waals surface area contributed by atoms with E-state index in [-0.39, 0.29) is 5.91 Å². The van der Waals surface area contributed by atoms with E-state index < -0.39 is 0 Å². The average Bonchev–Trinajstić information content (AvgIpc) is 3.09. The van der Waals surface area contributed by atoms with Crippen molar-refractivity contribution in [1.82, 2.24) is 9.78 Å². The summed E-state index contributed by atoms with van der Waals surface area (Å²) in [6.45, 7) is 5.34. The number of amides is 1. The van der Waals surface area contributed by atoms with Gasteiger partial charge in [0, 0.05) is 13.5 Å². The van der Waals surface area contributed by atoms with E-state index in [9.17, 15) is 4.79 Å². The Labute approximate surface area is 184 Å². The largest absolute Gasteiger partial charge is 0.493 e. The number of anilines is 1. The molecule has 1 aromatic heterocycles. The number of rotatable bonds is 7. The van der Waals surface area contributed by atoms with Crippen LogP contribution in [0.3, 0.4) is 0 Å². The fraction of sp³-hybridized carbons (Fsp3) is 0.542. The van der Waals surface area contributed by atoms with E-state index in [1.807, 2.05) is 18.7 Å². The summed E-state index contributed by atoms with van der Waals surface area (Å²) in [4.78, 5) is 16.1. The van der Waals surface area contributed by atoms with Crippen LogP contribution in [0.4, 0.5) is 5.69 Å². The molecule has 0 spiro atoms. The molecule has 0 bridgehead atoms. The number of nitrogens with one attached hydrogen (secondary N) is 1. The van der Waals surface area contributed by atoms with Crippen molar-refractivity contribution in [3.05, 3.63) is 40.7 Å². The SMILES string of the molecule is CCOc1ccc(C2CCC(CC(N)=O)CC2)cc1C1=NCc2c(c(CC)nn2C)N1. The minimum absolute atomic E-state index is 0.186. The Balaban J connectivity index is 1.59. The van der Waals surface area contributed by atoms with Gasteiger partial charge >= 0.3 is 0 Å². The Morgan fingerprint density at radius 3 is 2.71 bits per heavy atom. The van der Waals surface area contributed by atoms with Crippen molar-refractivity contribution in [3.63, 3.8) is 0 Å². The van der Waals surface area contributed by atoms with Crippen molar-refractivity contribution in [2.24, 2.45) is 23.7 Å². The molecule has 0 unspecified atom stereocenters. The van der Waals surface area contributed by atoms with Crippen molar-refractivity contribution in [3.8, 4) is 5.75 Å². The molecular formula is C24H33N5O2. The minimum atomic E-state index is -0.186. The zero-order valence-corrected chi connectivity index (χ0v) is 18.8. The molecule has 31 heavy (non-hydrogen) atoms. The van der Waals surface area contributed by atoms with Crippen molar-refractivity contribution >= 4 is 17.4 Å². The van der Waals surface area contributed by atoms with E-state index >= 15 is 0 Å². The standard InChI is InChI=1S/C24H33N5O2/c1-4-19-23-20(29(3)28-19)14-26-24(27-23)18-13-17(10-11-21(18)31-5-2)16-8-6-15(7-9-16)12-22(25)30/h10-11,13,15-16H,4-9,12,14H2,1-3H3,(H2,25,30)(H,26,27). The Morgan fingerprint density at radius 1 is 1.26 bits per heavy atom. The number of benzene rings is 1. The highest BCUT2D eigenvalue weighted by Crippen LogP contribution is 2.39. The first-order valence-electron chi connectivity index (χ1n) is 11.4. The molecule has 4 rings (SSSR count). The molecule has 2 aromatic rings. The maximum Gasteiger partial charge on any atom is 0.217 e. The molecule has 1 aliphatic heterocycles. The second kappa shape index (κ2) is 9.12. The van der Waals surface area contributed by atoms with Gasteiger partial charge in [0.2, 0.25) is 5.91 Å². The fourth-order valence-corrected chi connectivity index (χ4v) is 4.91. The molecule has 2 heterocycles. The number of hydrogen-bond donors (Lipinski definition) is 2. The third kappa shape index (κ3) is 4.45. The summed E-state index contributed by atoms with van der Waals surface area (Å²) in [6, 6.07) is 6.50. The monoisotopic (exact) mass is 423 g/mol. The third-order valence-electron chi connectivity index (χ3n) is 6.57. The van der Waals surface area contributed by atoms with Crippen LogP contribution in [0.2, 0.25) is 0 Å². The number of aryl methyl sites for hydroxylation is 2. The number of ether oxygens (including phenoxy) is 1. The quantitative estimate of drug-likeness (QED) is 0.706. The molecule has 0 saturated heterocycles. The van der Waals surface area contributed by atoms with Gasteiger partial charge in [-0.25, -0.2) is 0 Å². The number of nitrogens with two attached hydrogens (primary N) is 1. The van der Waals surface area contributed by atoms with Crippen molar-refractivity contribution in [1.29, 1.82) is 0 Å². The highest BCUT2D eigenvalue weighted by molar-refractivity contribution is 6.11. The zero-order chi connectivity index (χ0) is 22.0. The molecule has 7 heteroatoms. The van der Waals surface area contributed by atoms with E-state index in [4.69, 9.17) is 15.5 Å². The van der Waals surface area contributed by atoms with Crippen LogP contribution in [0.15, 0.2) is 23.2 Å². The van der Waals surface area contributed by atoms with Crippen molar-refractivity contribution in [2.75, 3.05) is 11.9 Å². The van der Waals surface area contributed by atoms with Gasteiger partial charge < -0.3 is 15.8 Å². The third-order valence-corrected chi connectivity index (χ3v) is 6.57. The van der Waals surface area contributed by atoms with Gasteiger partial charge in [-0.2, -0.15) is 5.10 Å². The number of nitrogens with zero attached hydrogens (tertiary/aromatic N) is 3. The Bertz CT molecular complexity index is 986. The first kappa shape index (κ1) is 21.4. The molecule has 7 nitrogen and oxygen atoms in total. The van der Waals surface area contributed by atoms with E-state index in [1.54, 1.807) is 0 Å². The Morgan fingerprint density at radius 2 is 2.03 bits per heavy atom. The van der Waals surface area contributed by atoms with Gasteiger partial charge in [0.15, 0.2) is 0 Å². The number of fused-ring (bicyclic) bond motifs is 1. The van der Waals surface area contributed by atoms with Crippen LogP contribution in [0.5, 0.6) is 5.75 Å². The normalized spacial score (nSPS) is 20.5. The molecule has 0 atom stereocenters. The van der Waals surface area contributed by atoms with Gasteiger partial charge in [-0.15, -0.1) is 0 Å². The van der Waals surface area contributed by atoms with E-state index in [0.717, 1.165) is 66.3 Å². The zero-order valence-electron chi connectivity index (χ0n) is 18.8. The van der Waals surface area contributed by atoms with Gasteiger partial charge in [-0.05, 0) is 68.6 Å². The van der Waals surface area contributed by atoms with Crippen LogP contribution in [0.25, 0.3) is 0 Å². The van der Waals surface area contributed by atoms with Gasteiger partial charge in [-0.3, -0.25) is 14.5 Å². The van der Waals surface area contributed by atoms with Gasteiger partial charge in [0.1, 0.15) is 11.6 Å². The number of aliphatic imine (C=N–C) groups is 1. The van der Waals surface area contributed by atoms with E-state index in [0.29, 0.717) is 31.4 Å². The minimum Gasteiger partial charge on any atom is -0.493 e. The summed E-state index contributed by atoms with van der Waals surface area (Å²) in [5, 5.41) is 8.18. The van der Waals surface area contributed by atoms with Crippen LogP contribution in [0, 0.1) is 5.92 Å². The maximum absolute atomic E-state index is 11.3. The lowest BCUT2D eigenvalue weighted by Gasteiger charge is -2.29. The van der Waals surface area contributed by atoms with E-state index in [2.05, 4.69) is 35.5 Å². The van der Waals surface area contributed by atoms with E-state index in [1.165, 1.54) is 5.56 Å². The number of carbonyl (C=O) groups is 1. The number of amidine groups is 1. The summed E-state index contributed by atoms with van der Waals surface area (Å²) >= 11 is 0. The van der Waals surface area contributed by atoms with Gasteiger partial charge in [0.25, 0.3) is 0 Å². The highest BCUT2D eigenvalue weighted by atomic mass is 16.5. The van der Waals surface area contributed by atoms with Crippen LogP contribution in [-0.4, -0.2) is 28.1 Å². The number of hydrogen-bond acceptors (Lipinski definition) is 5. The molecule has 3 N–H and O–H groups in total. The smallest absolute Gasteiger partial charge is 0.217 e. The fourth-order valence-electron chi connectivity index (χ4n) is 4.91. The maximum atomic E-state index is 11.3. The number of primary amides is 1. The molecule has 0 radical (unpaired) electrons. The highest BCUT2D eigenvalue weighted by Gasteiger charge is 2.26. The first-order valence-corrected chi connectivity index (χ1v) is 11.4. The molecule has 1 fully saturated rings. The lowest BCUT2D eigenvalue weighted by Crippen LogP contribution is -2.22. The second-order valence-electron chi connectivity index (χ2n) is 8.61. The molecule has 1 amide bonds. The Hall–Kier alpha value is -2.83. The predicted octanol–water partition coefficient (Wildman–Crippen LogP) is 3.90. The molecule has 2 aliphatic rings. The average molecular weight is 424 g/mol. The van der Waals surface area contributed by atoms with Crippen molar-refractivity contribution < 1.29 is 9.53 Å². The summed E-state index contributed by atoms with van der Waals surface area (Å²) in [6.07, 6.45) is 5.64. The van der Waals surface area contributed by atoms with Crippen LogP contribution >= 0.6 is 0 Å². The van der Waals surface area contributed by atoms with Crippen LogP contribution < -0.4 is 15.8 Å². The van der Waals surface area contributed by atoms with Gasteiger partial charge in [-0.1, -0.05) is 13.0 Å². The van der Waals surface area contributed by atoms with Gasteiger partial charge in [0.05, 0.1) is 35.8 Å². The molecular weight excluding hydrogens is 390 g/mol. The first-order chi connectivity index (χ1) is 15.0. The number of carbonyl (C=O) groups excluding carboxylic acids is 1. The van der Waals surface area contributed by atoms with Crippen LogP contribution in [0.1, 0.15) is 74.4 Å². The number of aromatic nitrogens is 2. The molecule has 1 saturated carbocycles. The predicted molar refractivity (Wildman–Crippen MR) is 123 cm³/mol. The molecule has 1 aliphatic carbocycles. The lowest BCUT2D eigenvalue weighted by atomic mass is 9.77. The topological polar surface area (TPSA) is 94.5 Å². The lowest BCUT2D eigenvalue weighted by molar-refractivity contribution is -0.119. The summed E-state index contributed by atoms with van der Waals surface area (Å²) in [5.74, 6) is 2.43.